The first-order valence-electron chi connectivity index (χ1n) is 12.0. The molecule has 26 heavy (non-hydrogen) atoms. The van der Waals surface area contributed by atoms with Gasteiger partial charge in [0.05, 0.1) is 0 Å². The summed E-state index contributed by atoms with van der Waals surface area (Å²) in [5.41, 5.74) is 2.73. The van der Waals surface area contributed by atoms with E-state index in [2.05, 4.69) is 34.3 Å². The first kappa shape index (κ1) is 19.1. The largest absolute Gasteiger partial charge is 0.0998 e. The molecule has 148 valence electrons. The molecule has 0 aromatic heterocycles. The van der Waals surface area contributed by atoms with Crippen LogP contribution in [-0.4, -0.2) is 0 Å². The third kappa shape index (κ3) is 2.93. The van der Waals surface area contributed by atoms with Gasteiger partial charge in [0, 0.05) is 0 Å². The van der Waals surface area contributed by atoms with Crippen molar-refractivity contribution < 1.29 is 0 Å². The van der Waals surface area contributed by atoms with Crippen LogP contribution in [0.15, 0.2) is 12.2 Å². The van der Waals surface area contributed by atoms with Crippen LogP contribution in [0.2, 0.25) is 0 Å². The molecule has 0 saturated heterocycles. The summed E-state index contributed by atoms with van der Waals surface area (Å²) in [4.78, 5) is 0. The lowest BCUT2D eigenvalue weighted by Gasteiger charge is -2.63. The Morgan fingerprint density at radius 3 is 2.38 bits per heavy atom. The minimum Gasteiger partial charge on any atom is -0.0998 e. The normalized spacial score (nSPS) is 51.1. The summed E-state index contributed by atoms with van der Waals surface area (Å²) in [6, 6.07) is 0. The molecule has 0 amide bonds. The number of rotatable bonds is 3. The van der Waals surface area contributed by atoms with Crippen LogP contribution in [0.25, 0.3) is 0 Å². The van der Waals surface area contributed by atoms with Crippen molar-refractivity contribution in [1.29, 1.82) is 0 Å². The predicted octanol–water partition coefficient (Wildman–Crippen LogP) is 8.03. The van der Waals surface area contributed by atoms with Crippen molar-refractivity contribution >= 4 is 0 Å². The van der Waals surface area contributed by atoms with Crippen molar-refractivity contribution in [1.82, 2.24) is 0 Å². The monoisotopic (exact) mass is 356 g/mol. The van der Waals surface area contributed by atoms with E-state index in [9.17, 15) is 0 Å². The van der Waals surface area contributed by atoms with Crippen LogP contribution in [0.3, 0.4) is 0 Å². The Labute approximate surface area is 163 Å². The molecule has 0 radical (unpaired) electrons. The first-order chi connectivity index (χ1) is 12.4. The highest BCUT2D eigenvalue weighted by atomic mass is 14.6. The SMILES string of the molecule is C=C(C)C1CCCC2C3CCC4(C)CC(CCC)CCC4C3CCC12C. The molecule has 4 aliphatic rings. The van der Waals surface area contributed by atoms with E-state index < -0.39 is 0 Å². The molecule has 0 spiro atoms. The van der Waals surface area contributed by atoms with Gasteiger partial charge in [0.2, 0.25) is 0 Å². The number of allylic oxidation sites excluding steroid dienone is 1. The van der Waals surface area contributed by atoms with E-state index in [1.54, 1.807) is 19.3 Å². The van der Waals surface area contributed by atoms with Gasteiger partial charge in [-0.25, -0.2) is 0 Å². The lowest BCUT2D eigenvalue weighted by atomic mass is 9.42. The predicted molar refractivity (Wildman–Crippen MR) is 113 cm³/mol. The van der Waals surface area contributed by atoms with Crippen LogP contribution in [0.1, 0.15) is 105 Å². The Kier molecular flexibility index (Phi) is 5.11. The Hall–Kier alpha value is -0.260. The topological polar surface area (TPSA) is 0 Å². The molecule has 0 N–H and O–H groups in total. The van der Waals surface area contributed by atoms with E-state index in [0.29, 0.717) is 10.8 Å². The van der Waals surface area contributed by atoms with E-state index >= 15 is 0 Å². The second-order valence-corrected chi connectivity index (χ2v) is 11.5. The molecule has 4 aliphatic carbocycles. The second kappa shape index (κ2) is 6.97. The Bertz CT molecular complexity index is 532. The summed E-state index contributed by atoms with van der Waals surface area (Å²) in [7, 11) is 0. The summed E-state index contributed by atoms with van der Waals surface area (Å²) in [6.07, 6.45) is 18.0. The third-order valence-corrected chi connectivity index (χ3v) is 10.1. The molecule has 0 nitrogen and oxygen atoms in total. The highest BCUT2D eigenvalue weighted by Crippen LogP contribution is 2.66. The third-order valence-electron chi connectivity index (χ3n) is 10.1. The summed E-state index contributed by atoms with van der Waals surface area (Å²) < 4.78 is 0. The quantitative estimate of drug-likeness (QED) is 0.449. The van der Waals surface area contributed by atoms with Crippen molar-refractivity contribution in [2.75, 3.05) is 0 Å². The molecule has 4 saturated carbocycles. The minimum absolute atomic E-state index is 0.568. The lowest BCUT2D eigenvalue weighted by Crippen LogP contribution is -2.55. The van der Waals surface area contributed by atoms with Gasteiger partial charge in [-0.2, -0.15) is 0 Å². The smallest absolute Gasteiger partial charge is 0.0152 e. The van der Waals surface area contributed by atoms with Crippen LogP contribution in [0.4, 0.5) is 0 Å². The highest BCUT2D eigenvalue weighted by Gasteiger charge is 2.57. The van der Waals surface area contributed by atoms with Crippen molar-refractivity contribution in [2.24, 2.45) is 46.3 Å². The molecule has 0 aromatic carbocycles. The molecule has 0 bridgehead atoms. The van der Waals surface area contributed by atoms with Crippen LogP contribution in [0, 0.1) is 46.3 Å². The zero-order valence-corrected chi connectivity index (χ0v) is 18.2. The fourth-order valence-electron chi connectivity index (χ4n) is 9.08. The summed E-state index contributed by atoms with van der Waals surface area (Å²) in [5, 5.41) is 0. The van der Waals surface area contributed by atoms with Crippen LogP contribution in [-0.2, 0) is 0 Å². The van der Waals surface area contributed by atoms with Gasteiger partial charge in [-0.05, 0) is 105 Å². The van der Waals surface area contributed by atoms with E-state index in [0.717, 1.165) is 35.5 Å². The Morgan fingerprint density at radius 1 is 0.923 bits per heavy atom. The second-order valence-electron chi connectivity index (χ2n) is 11.5. The summed E-state index contributed by atoms with van der Waals surface area (Å²) >= 11 is 0. The number of hydrogen-bond donors (Lipinski definition) is 0. The molecular weight excluding hydrogens is 312 g/mol. The van der Waals surface area contributed by atoms with Gasteiger partial charge in [0.25, 0.3) is 0 Å². The van der Waals surface area contributed by atoms with E-state index in [4.69, 9.17) is 0 Å². The van der Waals surface area contributed by atoms with Crippen LogP contribution in [0.5, 0.6) is 0 Å². The van der Waals surface area contributed by atoms with Gasteiger partial charge in [-0.15, -0.1) is 0 Å². The maximum Gasteiger partial charge on any atom is -0.0152 e. The highest BCUT2D eigenvalue weighted by molar-refractivity contribution is 5.13. The number of hydrogen-bond acceptors (Lipinski definition) is 0. The zero-order chi connectivity index (χ0) is 18.5. The van der Waals surface area contributed by atoms with E-state index in [-0.39, 0.29) is 0 Å². The van der Waals surface area contributed by atoms with Crippen molar-refractivity contribution in [2.45, 2.75) is 105 Å². The average molecular weight is 357 g/mol. The van der Waals surface area contributed by atoms with Crippen molar-refractivity contribution in [3.8, 4) is 0 Å². The standard InChI is InChI=1S/C26H44/c1-6-8-19-11-12-23-20-14-16-26(5)22(18(2)3)9-7-10-24(26)21(20)13-15-25(23,4)17-19/h19-24H,2,6-17H2,1,3-5H3. The first-order valence-corrected chi connectivity index (χ1v) is 12.0. The molecule has 8 atom stereocenters. The van der Waals surface area contributed by atoms with Gasteiger partial charge < -0.3 is 0 Å². The molecule has 4 fully saturated rings. The van der Waals surface area contributed by atoms with Gasteiger partial charge in [-0.3, -0.25) is 0 Å². The molecule has 0 heteroatoms. The fourth-order valence-corrected chi connectivity index (χ4v) is 9.08. The molecule has 0 aliphatic heterocycles. The van der Waals surface area contributed by atoms with E-state index in [1.165, 1.54) is 63.4 Å². The zero-order valence-electron chi connectivity index (χ0n) is 18.2. The maximum atomic E-state index is 4.42. The van der Waals surface area contributed by atoms with Crippen LogP contribution < -0.4 is 0 Å². The van der Waals surface area contributed by atoms with Gasteiger partial charge >= 0.3 is 0 Å². The minimum atomic E-state index is 0.568. The molecule has 8 unspecified atom stereocenters. The van der Waals surface area contributed by atoms with Gasteiger partial charge in [0.15, 0.2) is 0 Å². The molecule has 0 aromatic rings. The summed E-state index contributed by atoms with van der Waals surface area (Å²) in [6.45, 7) is 14.5. The molecule has 4 rings (SSSR count). The van der Waals surface area contributed by atoms with Gasteiger partial charge in [-0.1, -0.05) is 58.6 Å². The van der Waals surface area contributed by atoms with Crippen molar-refractivity contribution in [3.05, 3.63) is 12.2 Å². The lowest BCUT2D eigenvalue weighted by molar-refractivity contribution is -0.129. The van der Waals surface area contributed by atoms with Crippen molar-refractivity contribution in [3.63, 3.8) is 0 Å². The van der Waals surface area contributed by atoms with Gasteiger partial charge in [0.1, 0.15) is 0 Å². The average Bonchev–Trinajstić information content (AvgIpc) is 2.59. The maximum absolute atomic E-state index is 4.42. The fraction of sp³-hybridized carbons (Fsp3) is 0.923. The molecular formula is C26H44. The molecule has 0 heterocycles. The van der Waals surface area contributed by atoms with Crippen LogP contribution >= 0.6 is 0 Å². The Morgan fingerprint density at radius 2 is 1.65 bits per heavy atom. The summed E-state index contributed by atoms with van der Waals surface area (Å²) in [5.74, 6) is 5.97. The number of fused-ring (bicyclic) bond motifs is 5. The van der Waals surface area contributed by atoms with E-state index in [1.807, 2.05) is 0 Å². The Balaban J connectivity index is 1.55.